The third kappa shape index (κ3) is 5.28. The Morgan fingerprint density at radius 3 is 2.84 bits per heavy atom. The van der Waals surface area contributed by atoms with E-state index in [1.807, 2.05) is 12.1 Å². The normalized spacial score (nSPS) is 16.1. The number of ether oxygens (including phenoxy) is 1. The van der Waals surface area contributed by atoms with E-state index in [0.717, 1.165) is 41.3 Å². The molecule has 2 aromatic heterocycles. The minimum absolute atomic E-state index is 0.270. The topological polar surface area (TPSA) is 105 Å². The highest BCUT2D eigenvalue weighted by atomic mass is 32.2. The molecule has 0 radical (unpaired) electrons. The van der Waals surface area contributed by atoms with Gasteiger partial charge in [0.05, 0.1) is 16.7 Å². The van der Waals surface area contributed by atoms with Crippen molar-refractivity contribution in [3.05, 3.63) is 56.9 Å². The number of aryl methyl sites for hydroxylation is 1. The largest absolute Gasteiger partial charge is 0.454 e. The van der Waals surface area contributed by atoms with Crippen LogP contribution >= 0.6 is 11.3 Å². The van der Waals surface area contributed by atoms with Crippen molar-refractivity contribution in [3.63, 3.8) is 0 Å². The minimum atomic E-state index is -3.24. The van der Waals surface area contributed by atoms with Crippen LogP contribution in [-0.2, 0) is 34.0 Å². The molecule has 0 fully saturated rings. The summed E-state index contributed by atoms with van der Waals surface area (Å²) in [4.78, 5) is 29.8. The first-order valence-corrected chi connectivity index (χ1v) is 13.3. The van der Waals surface area contributed by atoms with Crippen LogP contribution in [-0.4, -0.2) is 44.6 Å². The Kier molecular flexibility index (Phi) is 6.50. The van der Waals surface area contributed by atoms with Crippen LogP contribution < -0.4 is 4.72 Å². The van der Waals surface area contributed by atoms with Crippen LogP contribution in [0.25, 0.3) is 10.9 Å². The molecule has 0 amide bonds. The lowest BCUT2D eigenvalue weighted by atomic mass is 9.87. The molecule has 0 aliphatic heterocycles. The monoisotopic (exact) mass is 474 g/mol. The number of hydrogen-bond acceptors (Lipinski definition) is 6. The number of hydrogen-bond donors (Lipinski definition) is 2. The molecule has 4 rings (SSSR count). The molecule has 0 saturated carbocycles. The van der Waals surface area contributed by atoms with Crippen molar-refractivity contribution in [2.24, 2.45) is 5.92 Å². The van der Waals surface area contributed by atoms with E-state index < -0.39 is 16.0 Å². The Morgan fingerprint density at radius 2 is 2.06 bits per heavy atom. The Labute approximate surface area is 191 Å². The van der Waals surface area contributed by atoms with Gasteiger partial charge in [0.1, 0.15) is 0 Å². The maximum absolute atomic E-state index is 12.6. The van der Waals surface area contributed by atoms with Crippen molar-refractivity contribution in [3.8, 4) is 0 Å². The van der Waals surface area contributed by atoms with Crippen LogP contribution in [0.15, 0.2) is 30.3 Å². The molecular weight excluding hydrogens is 448 g/mol. The van der Waals surface area contributed by atoms with Gasteiger partial charge in [0.2, 0.25) is 15.8 Å². The molecule has 2 heterocycles. The fraction of sp³-hybridized carbons (Fsp3) is 0.391. The van der Waals surface area contributed by atoms with Gasteiger partial charge in [0.25, 0.3) is 0 Å². The first kappa shape index (κ1) is 22.7. The number of aromatic nitrogens is 1. The molecule has 0 bridgehead atoms. The summed E-state index contributed by atoms with van der Waals surface area (Å²) in [5, 5.41) is 1.05. The third-order valence-electron chi connectivity index (χ3n) is 5.68. The highest BCUT2D eigenvalue weighted by Gasteiger charge is 2.21. The number of nitrogens with one attached hydrogen (secondary N) is 2. The van der Waals surface area contributed by atoms with Crippen LogP contribution in [0.1, 0.15) is 49.5 Å². The van der Waals surface area contributed by atoms with E-state index in [1.54, 1.807) is 18.2 Å². The SMILES string of the molecule is C[C@@H]1CCc2[nH]c3ccc(C(=O)OCC(=O)c4ccc(CCNS(C)(=O)=O)s4)cc3c2C1. The quantitative estimate of drug-likeness (QED) is 0.384. The molecule has 1 aliphatic carbocycles. The number of fused-ring (bicyclic) bond motifs is 3. The van der Waals surface area contributed by atoms with E-state index in [4.69, 9.17) is 4.74 Å². The summed E-state index contributed by atoms with van der Waals surface area (Å²) in [6.45, 7) is 2.18. The van der Waals surface area contributed by atoms with E-state index in [1.165, 1.54) is 22.6 Å². The number of rotatable bonds is 8. The van der Waals surface area contributed by atoms with Crippen LogP contribution in [0.2, 0.25) is 0 Å². The number of sulfonamides is 1. The smallest absolute Gasteiger partial charge is 0.338 e. The lowest BCUT2D eigenvalue weighted by molar-refractivity contribution is 0.0476. The zero-order chi connectivity index (χ0) is 22.9. The molecule has 1 aliphatic rings. The summed E-state index contributed by atoms with van der Waals surface area (Å²) in [6, 6.07) is 8.93. The Bertz CT molecular complexity index is 1270. The molecule has 7 nitrogen and oxygen atoms in total. The number of aromatic amines is 1. The lowest BCUT2D eigenvalue weighted by Gasteiger charge is -2.18. The molecule has 0 spiro atoms. The summed E-state index contributed by atoms with van der Waals surface area (Å²) >= 11 is 1.28. The Hall–Kier alpha value is -2.49. The summed E-state index contributed by atoms with van der Waals surface area (Å²) in [5.74, 6) is -0.180. The van der Waals surface area contributed by atoms with Crippen molar-refractivity contribution in [1.29, 1.82) is 0 Å². The maximum Gasteiger partial charge on any atom is 0.338 e. The predicted molar refractivity (Wildman–Crippen MR) is 125 cm³/mol. The van der Waals surface area contributed by atoms with Gasteiger partial charge in [-0.3, -0.25) is 4.79 Å². The van der Waals surface area contributed by atoms with Gasteiger partial charge in [-0.15, -0.1) is 11.3 Å². The van der Waals surface area contributed by atoms with Gasteiger partial charge in [-0.25, -0.2) is 17.9 Å². The summed E-state index contributed by atoms with van der Waals surface area (Å²) < 4.78 is 30.0. The highest BCUT2D eigenvalue weighted by molar-refractivity contribution is 7.88. The second kappa shape index (κ2) is 9.17. The maximum atomic E-state index is 12.6. The number of thiophene rings is 1. The van der Waals surface area contributed by atoms with Gasteiger partial charge in [-0.2, -0.15) is 0 Å². The standard InChI is InChI=1S/C23H26N2O5S2/c1-14-3-6-19-17(11-14)18-12-15(4-7-20(18)25-19)23(27)30-13-21(26)22-8-5-16(31-22)9-10-24-32(2,28)29/h4-5,7-8,12,14,24-25H,3,6,9-11,13H2,1-2H3/t14-/m1/s1. The van der Waals surface area contributed by atoms with Gasteiger partial charge < -0.3 is 9.72 Å². The zero-order valence-electron chi connectivity index (χ0n) is 18.1. The molecule has 1 aromatic carbocycles. The number of Topliss-reactive ketones (excluding diaryl/α,β-unsaturated/α-hetero) is 1. The van der Waals surface area contributed by atoms with Crippen LogP contribution in [0.5, 0.6) is 0 Å². The average molecular weight is 475 g/mol. The molecule has 32 heavy (non-hydrogen) atoms. The molecule has 3 aromatic rings. The fourth-order valence-electron chi connectivity index (χ4n) is 4.03. The number of carbonyl (C=O) groups is 2. The van der Waals surface area contributed by atoms with Gasteiger partial charge in [0.15, 0.2) is 6.61 Å². The summed E-state index contributed by atoms with van der Waals surface area (Å²) in [7, 11) is -3.24. The Morgan fingerprint density at radius 1 is 1.25 bits per heavy atom. The van der Waals surface area contributed by atoms with E-state index >= 15 is 0 Å². The number of H-pyrrole nitrogens is 1. The minimum Gasteiger partial charge on any atom is -0.454 e. The van der Waals surface area contributed by atoms with Crippen molar-refractivity contribution in [2.45, 2.75) is 32.6 Å². The summed E-state index contributed by atoms with van der Waals surface area (Å²) in [5.41, 5.74) is 3.98. The van der Waals surface area contributed by atoms with Crippen LogP contribution in [0, 0.1) is 5.92 Å². The third-order valence-corrected chi connectivity index (χ3v) is 7.59. The molecule has 9 heteroatoms. The zero-order valence-corrected chi connectivity index (χ0v) is 19.7. The first-order valence-electron chi connectivity index (χ1n) is 10.6. The van der Waals surface area contributed by atoms with Crippen molar-refractivity contribution in [1.82, 2.24) is 9.71 Å². The number of esters is 1. The fourth-order valence-corrected chi connectivity index (χ4v) is 5.43. The van der Waals surface area contributed by atoms with E-state index in [9.17, 15) is 18.0 Å². The average Bonchev–Trinajstić information content (AvgIpc) is 3.35. The van der Waals surface area contributed by atoms with E-state index in [-0.39, 0.29) is 18.9 Å². The molecule has 0 unspecified atom stereocenters. The second-order valence-corrected chi connectivity index (χ2v) is 11.4. The molecule has 2 N–H and O–H groups in total. The molecule has 1 atom stereocenters. The van der Waals surface area contributed by atoms with Crippen molar-refractivity contribution >= 4 is 44.0 Å². The van der Waals surface area contributed by atoms with Crippen molar-refractivity contribution in [2.75, 3.05) is 19.4 Å². The number of benzene rings is 1. The highest BCUT2D eigenvalue weighted by Crippen LogP contribution is 2.32. The van der Waals surface area contributed by atoms with Gasteiger partial charge >= 0.3 is 5.97 Å². The second-order valence-electron chi connectivity index (χ2n) is 8.37. The number of ketones is 1. The van der Waals surface area contributed by atoms with Crippen LogP contribution in [0.3, 0.4) is 0 Å². The van der Waals surface area contributed by atoms with Gasteiger partial charge in [0, 0.05) is 28.0 Å². The van der Waals surface area contributed by atoms with Gasteiger partial charge in [-0.1, -0.05) is 6.92 Å². The van der Waals surface area contributed by atoms with E-state index in [2.05, 4.69) is 16.6 Å². The molecular formula is C23H26N2O5S2. The molecule has 170 valence electrons. The summed E-state index contributed by atoms with van der Waals surface area (Å²) in [6.07, 6.45) is 4.77. The van der Waals surface area contributed by atoms with E-state index in [0.29, 0.717) is 22.8 Å². The van der Waals surface area contributed by atoms with Crippen LogP contribution in [0.4, 0.5) is 0 Å². The van der Waals surface area contributed by atoms with Crippen molar-refractivity contribution < 1.29 is 22.7 Å². The lowest BCUT2D eigenvalue weighted by Crippen LogP contribution is -2.24. The van der Waals surface area contributed by atoms with Gasteiger partial charge in [-0.05, 0) is 67.5 Å². The first-order chi connectivity index (χ1) is 15.2. The number of carbonyl (C=O) groups excluding carboxylic acids is 2. The molecule has 0 saturated heterocycles. The Balaban J connectivity index is 1.37. The predicted octanol–water partition coefficient (Wildman–Crippen LogP) is 3.49.